The first-order valence-electron chi connectivity index (χ1n) is 12.2. The van der Waals surface area contributed by atoms with Crippen molar-refractivity contribution in [3.05, 3.63) is 102 Å². The van der Waals surface area contributed by atoms with Crippen molar-refractivity contribution in [3.63, 3.8) is 0 Å². The number of amides is 3. The number of hydrogen-bond donors (Lipinski definition) is 1. The second-order valence-corrected chi connectivity index (χ2v) is 10.4. The Morgan fingerprint density at radius 3 is 2.00 bits per heavy atom. The fourth-order valence-corrected chi connectivity index (χ4v) is 5.79. The molecule has 0 bridgehead atoms. The first-order chi connectivity index (χ1) is 17.9. The zero-order chi connectivity index (χ0) is 25.9. The summed E-state index contributed by atoms with van der Waals surface area (Å²) >= 11 is 1.39. The molecule has 0 radical (unpaired) electrons. The van der Waals surface area contributed by atoms with Crippen molar-refractivity contribution in [3.8, 4) is 0 Å². The molecule has 0 saturated carbocycles. The topological polar surface area (TPSA) is 83.6 Å². The number of imide groups is 1. The van der Waals surface area contributed by atoms with Crippen molar-refractivity contribution in [2.75, 3.05) is 10.2 Å². The monoisotopic (exact) mass is 510 g/mol. The second-order valence-electron chi connectivity index (χ2n) is 9.19. The Hall–Kier alpha value is -3.97. The molecule has 1 saturated heterocycles. The number of carbonyl (C=O) groups excluding carboxylic acids is 4. The molecule has 0 aromatic heterocycles. The minimum absolute atomic E-state index is 0.0354. The van der Waals surface area contributed by atoms with Gasteiger partial charge in [0.05, 0.1) is 17.5 Å². The summed E-state index contributed by atoms with van der Waals surface area (Å²) in [6.45, 7) is 1.50. The lowest BCUT2D eigenvalue weighted by molar-refractivity contribution is -0.122. The maximum absolute atomic E-state index is 13.3. The van der Waals surface area contributed by atoms with Crippen LogP contribution >= 0.6 is 11.8 Å². The van der Waals surface area contributed by atoms with Gasteiger partial charge in [0.15, 0.2) is 5.78 Å². The molecule has 186 valence electrons. The van der Waals surface area contributed by atoms with Gasteiger partial charge >= 0.3 is 0 Å². The molecule has 0 unspecified atom stereocenters. The van der Waals surface area contributed by atoms with Gasteiger partial charge in [-0.2, -0.15) is 0 Å². The lowest BCUT2D eigenvalue weighted by Gasteiger charge is -2.19. The number of allylic oxidation sites excluding steroid dienone is 2. The van der Waals surface area contributed by atoms with Crippen LogP contribution in [0.4, 0.5) is 11.4 Å². The molecule has 7 heteroatoms. The van der Waals surface area contributed by atoms with Crippen molar-refractivity contribution >= 4 is 46.6 Å². The number of anilines is 2. The predicted molar refractivity (Wildman–Crippen MR) is 144 cm³/mol. The molecule has 1 N–H and O–H groups in total. The molecular formula is C30H26N2O4S. The van der Waals surface area contributed by atoms with Gasteiger partial charge in [-0.25, -0.2) is 0 Å². The molecule has 6 nitrogen and oxygen atoms in total. The van der Waals surface area contributed by atoms with Crippen molar-refractivity contribution in [2.45, 2.75) is 29.9 Å². The number of benzene rings is 3. The maximum Gasteiger partial charge on any atom is 0.242 e. The zero-order valence-corrected chi connectivity index (χ0v) is 21.1. The fraction of sp³-hybridized carbons (Fsp3) is 0.200. The minimum Gasteiger partial charge on any atom is -0.325 e. The van der Waals surface area contributed by atoms with Crippen LogP contribution in [0.5, 0.6) is 0 Å². The third kappa shape index (κ3) is 5.13. The van der Waals surface area contributed by atoms with Gasteiger partial charge < -0.3 is 5.32 Å². The van der Waals surface area contributed by atoms with E-state index in [2.05, 4.69) is 5.32 Å². The van der Waals surface area contributed by atoms with Crippen LogP contribution < -0.4 is 10.2 Å². The van der Waals surface area contributed by atoms with E-state index < -0.39 is 5.25 Å². The highest BCUT2D eigenvalue weighted by Gasteiger charge is 2.47. The van der Waals surface area contributed by atoms with Gasteiger partial charge in [0, 0.05) is 16.1 Å². The molecule has 0 spiro atoms. The summed E-state index contributed by atoms with van der Waals surface area (Å²) in [5, 5.41) is 2.41. The van der Waals surface area contributed by atoms with Crippen LogP contribution in [0, 0.1) is 11.8 Å². The molecule has 1 heterocycles. The molecule has 1 aliphatic carbocycles. The molecule has 37 heavy (non-hydrogen) atoms. The first kappa shape index (κ1) is 24.7. The molecular weight excluding hydrogens is 484 g/mol. The van der Waals surface area contributed by atoms with Gasteiger partial charge in [-0.15, -0.1) is 11.8 Å². The zero-order valence-electron chi connectivity index (χ0n) is 20.3. The number of nitrogens with one attached hydrogen (secondary N) is 1. The standard InChI is InChI=1S/C30H26N2O4S/c1-19(33)20-11-13-22(14-12-20)31-28(34)27(21-7-3-2-4-8-21)37-24-17-15-23(16-18-24)32-29(35)25-9-5-6-10-26(25)30(32)36/h2-8,11-18,25-27H,9-10H2,1H3,(H,31,34)/t25-,26-,27-/m1/s1. The van der Waals surface area contributed by atoms with Gasteiger partial charge in [0.25, 0.3) is 0 Å². The van der Waals surface area contributed by atoms with E-state index in [1.54, 1.807) is 36.4 Å². The summed E-state index contributed by atoms with van der Waals surface area (Å²) in [5.74, 6) is -1.07. The van der Waals surface area contributed by atoms with Crippen LogP contribution in [0.1, 0.15) is 40.9 Å². The van der Waals surface area contributed by atoms with E-state index in [1.165, 1.54) is 23.6 Å². The van der Waals surface area contributed by atoms with Crippen LogP contribution in [0.15, 0.2) is 95.9 Å². The van der Waals surface area contributed by atoms with Gasteiger partial charge in [-0.1, -0.05) is 42.5 Å². The number of rotatable bonds is 7. The SMILES string of the molecule is CC(=O)c1ccc(NC(=O)[C@H](Sc2ccc(N3C(=O)[C@@H]4CC=CC[C@H]4C3=O)cc2)c2ccccc2)cc1. The fourth-order valence-electron chi connectivity index (χ4n) is 4.76. The number of nitrogens with zero attached hydrogens (tertiary/aromatic N) is 1. The molecule has 3 aromatic carbocycles. The highest BCUT2D eigenvalue weighted by atomic mass is 32.2. The van der Waals surface area contributed by atoms with Crippen molar-refractivity contribution in [2.24, 2.45) is 11.8 Å². The van der Waals surface area contributed by atoms with Gasteiger partial charge in [-0.05, 0) is 73.9 Å². The average Bonchev–Trinajstić information content (AvgIpc) is 3.18. The Balaban J connectivity index is 1.34. The van der Waals surface area contributed by atoms with Crippen LogP contribution in [0.25, 0.3) is 0 Å². The van der Waals surface area contributed by atoms with Crippen molar-refractivity contribution < 1.29 is 19.2 Å². The highest BCUT2D eigenvalue weighted by molar-refractivity contribution is 8.00. The maximum atomic E-state index is 13.3. The van der Waals surface area contributed by atoms with Gasteiger partial charge in [-0.3, -0.25) is 24.1 Å². The molecule has 3 amide bonds. The van der Waals surface area contributed by atoms with E-state index in [1.807, 2.05) is 54.6 Å². The van der Waals surface area contributed by atoms with E-state index >= 15 is 0 Å². The van der Waals surface area contributed by atoms with Crippen LogP contribution in [0.2, 0.25) is 0 Å². The number of thioether (sulfide) groups is 1. The summed E-state index contributed by atoms with van der Waals surface area (Å²) in [7, 11) is 0. The minimum atomic E-state index is -0.538. The Labute approximate surface area is 219 Å². The molecule has 5 rings (SSSR count). The number of Topliss-reactive ketones (excluding diaryl/α,β-unsaturated/α-hetero) is 1. The van der Waals surface area contributed by atoms with E-state index in [0.717, 1.165) is 10.5 Å². The van der Waals surface area contributed by atoms with E-state index in [0.29, 0.717) is 29.8 Å². The Morgan fingerprint density at radius 2 is 1.43 bits per heavy atom. The third-order valence-corrected chi connectivity index (χ3v) is 8.02. The summed E-state index contributed by atoms with van der Waals surface area (Å²) in [5.41, 5.74) is 2.59. The second kappa shape index (κ2) is 10.6. The van der Waals surface area contributed by atoms with Crippen molar-refractivity contribution in [1.29, 1.82) is 0 Å². The lowest BCUT2D eigenvalue weighted by atomic mass is 9.85. The summed E-state index contributed by atoms with van der Waals surface area (Å²) in [6, 6.07) is 23.5. The van der Waals surface area contributed by atoms with E-state index in [-0.39, 0.29) is 35.3 Å². The summed E-state index contributed by atoms with van der Waals surface area (Å²) in [4.78, 5) is 52.9. The molecule has 1 aliphatic heterocycles. The molecule has 1 fully saturated rings. The quantitative estimate of drug-likeness (QED) is 0.188. The van der Waals surface area contributed by atoms with E-state index in [9.17, 15) is 19.2 Å². The van der Waals surface area contributed by atoms with Gasteiger partial charge in [0.1, 0.15) is 5.25 Å². The number of carbonyl (C=O) groups is 4. The molecule has 3 aromatic rings. The Kier molecular flexibility index (Phi) is 7.06. The number of fused-ring (bicyclic) bond motifs is 1. The number of ketones is 1. The Morgan fingerprint density at radius 1 is 0.838 bits per heavy atom. The summed E-state index contributed by atoms with van der Waals surface area (Å²) in [6.07, 6.45) is 5.15. The van der Waals surface area contributed by atoms with Crippen LogP contribution in [-0.4, -0.2) is 23.5 Å². The smallest absolute Gasteiger partial charge is 0.242 e. The van der Waals surface area contributed by atoms with Crippen molar-refractivity contribution in [1.82, 2.24) is 0 Å². The normalized spacial score (nSPS) is 19.4. The van der Waals surface area contributed by atoms with Crippen LogP contribution in [-0.2, 0) is 14.4 Å². The van der Waals surface area contributed by atoms with E-state index in [4.69, 9.17) is 0 Å². The number of hydrogen-bond acceptors (Lipinski definition) is 5. The predicted octanol–water partition coefficient (Wildman–Crippen LogP) is 5.82. The lowest BCUT2D eigenvalue weighted by Crippen LogP contribution is -2.30. The first-order valence-corrected chi connectivity index (χ1v) is 13.1. The summed E-state index contributed by atoms with van der Waals surface area (Å²) < 4.78 is 0. The molecule has 3 atom stereocenters. The molecule has 2 aliphatic rings. The Bertz CT molecular complexity index is 1340. The third-order valence-electron chi connectivity index (χ3n) is 6.76. The average molecular weight is 511 g/mol. The van der Waals surface area contributed by atoms with Crippen LogP contribution in [0.3, 0.4) is 0 Å². The van der Waals surface area contributed by atoms with Gasteiger partial charge in [0.2, 0.25) is 17.7 Å². The largest absolute Gasteiger partial charge is 0.325 e. The highest BCUT2D eigenvalue weighted by Crippen LogP contribution is 2.40.